The monoisotopic (exact) mass is 537 g/mol. The minimum atomic E-state index is -0.136. The molecule has 0 atom stereocenters. The maximum atomic E-state index is 13.5. The van der Waals surface area contributed by atoms with Crippen LogP contribution >= 0.6 is 0 Å². The average molecular weight is 538 g/mol. The molecule has 0 radical (unpaired) electrons. The molecule has 2 saturated heterocycles. The van der Waals surface area contributed by atoms with Crippen molar-refractivity contribution in [3.05, 3.63) is 66.5 Å². The number of nitrogens with zero attached hydrogens (tertiary/aromatic N) is 3. The predicted octanol–water partition coefficient (Wildman–Crippen LogP) is 4.78. The first-order chi connectivity index (χ1) is 19.5. The number of amides is 1. The maximum Gasteiger partial charge on any atom is 0.270 e. The topological polar surface area (TPSA) is 99.5 Å². The molecule has 1 aliphatic carbocycles. The second-order valence-corrected chi connectivity index (χ2v) is 11.4. The Balaban J connectivity index is 1.18. The first kappa shape index (κ1) is 26.3. The van der Waals surface area contributed by atoms with Crippen molar-refractivity contribution in [3.63, 3.8) is 0 Å². The van der Waals surface area contributed by atoms with Gasteiger partial charge in [0.05, 0.1) is 32.1 Å². The second kappa shape index (κ2) is 10.9. The first-order valence-electron chi connectivity index (χ1n) is 14.0. The minimum Gasteiger partial charge on any atom is -0.495 e. The fraction of sp³-hybridized carbons (Fsp3) is 0.406. The summed E-state index contributed by atoms with van der Waals surface area (Å²) >= 11 is 0. The zero-order valence-electron chi connectivity index (χ0n) is 22.9. The van der Waals surface area contributed by atoms with Crippen LogP contribution in [-0.2, 0) is 4.74 Å². The van der Waals surface area contributed by atoms with E-state index >= 15 is 0 Å². The molecule has 3 aliphatic rings. The van der Waals surface area contributed by atoms with Gasteiger partial charge in [-0.1, -0.05) is 30.8 Å². The van der Waals surface area contributed by atoms with Crippen molar-refractivity contribution < 1.29 is 14.3 Å². The van der Waals surface area contributed by atoms with E-state index in [9.17, 15) is 4.79 Å². The highest BCUT2D eigenvalue weighted by molar-refractivity contribution is 6.03. The van der Waals surface area contributed by atoms with E-state index in [0.717, 1.165) is 79.6 Å². The van der Waals surface area contributed by atoms with Gasteiger partial charge in [-0.15, -0.1) is 0 Å². The lowest BCUT2D eigenvalue weighted by Crippen LogP contribution is -2.68. The zero-order chi connectivity index (χ0) is 27.7. The molecule has 8 heteroatoms. The average Bonchev–Trinajstić information content (AvgIpc) is 2.94. The van der Waals surface area contributed by atoms with Crippen molar-refractivity contribution >= 4 is 22.4 Å². The fourth-order valence-electron chi connectivity index (χ4n) is 6.36. The van der Waals surface area contributed by atoms with Crippen LogP contribution in [0, 0.1) is 16.7 Å². The van der Waals surface area contributed by atoms with Crippen LogP contribution in [0.25, 0.3) is 21.9 Å². The molecule has 1 aromatic heterocycles. The molecule has 6 rings (SSSR count). The highest BCUT2D eigenvalue weighted by Gasteiger charge is 2.50. The van der Waals surface area contributed by atoms with E-state index in [2.05, 4.69) is 33.2 Å². The Morgan fingerprint density at radius 1 is 1.20 bits per heavy atom. The summed E-state index contributed by atoms with van der Waals surface area (Å²) in [6.45, 7) is 8.24. The highest BCUT2D eigenvalue weighted by Crippen LogP contribution is 2.41. The molecule has 1 saturated carbocycles. The number of carbonyl (C=O) groups excluding carboxylic acids is 1. The van der Waals surface area contributed by atoms with E-state index in [4.69, 9.17) is 14.7 Å². The van der Waals surface area contributed by atoms with Gasteiger partial charge in [-0.3, -0.25) is 14.7 Å². The number of nitriles is 1. The third-order valence-electron chi connectivity index (χ3n) is 8.62. The second-order valence-electron chi connectivity index (χ2n) is 11.4. The summed E-state index contributed by atoms with van der Waals surface area (Å²) in [7, 11) is 1.62. The van der Waals surface area contributed by atoms with Gasteiger partial charge in [-0.05, 0) is 54.8 Å². The van der Waals surface area contributed by atoms with Crippen LogP contribution < -0.4 is 15.4 Å². The molecule has 40 heavy (non-hydrogen) atoms. The van der Waals surface area contributed by atoms with Crippen molar-refractivity contribution in [2.75, 3.05) is 45.3 Å². The van der Waals surface area contributed by atoms with Gasteiger partial charge in [0.15, 0.2) is 0 Å². The molecular formula is C32H35N5O3. The lowest BCUT2D eigenvalue weighted by atomic mass is 9.75. The molecular weight excluding hydrogens is 502 g/mol. The summed E-state index contributed by atoms with van der Waals surface area (Å²) < 4.78 is 11.0. The van der Waals surface area contributed by atoms with Crippen LogP contribution in [0.3, 0.4) is 0 Å². The van der Waals surface area contributed by atoms with Gasteiger partial charge >= 0.3 is 0 Å². The fourth-order valence-corrected chi connectivity index (χ4v) is 6.36. The molecule has 3 heterocycles. The number of ether oxygens (including phenoxy) is 2. The van der Waals surface area contributed by atoms with Gasteiger partial charge in [0.2, 0.25) is 0 Å². The number of hydrogen-bond donors (Lipinski definition) is 2. The van der Waals surface area contributed by atoms with Gasteiger partial charge in [0.1, 0.15) is 11.4 Å². The summed E-state index contributed by atoms with van der Waals surface area (Å²) in [5.41, 5.74) is 3.74. The summed E-state index contributed by atoms with van der Waals surface area (Å²) in [6.07, 6.45) is 5.85. The van der Waals surface area contributed by atoms with E-state index in [1.165, 1.54) is 0 Å². The molecule has 1 spiro atoms. The molecule has 2 aromatic carbocycles. The lowest BCUT2D eigenvalue weighted by molar-refractivity contribution is -0.200. The number of fused-ring (bicyclic) bond motifs is 1. The predicted molar refractivity (Wildman–Crippen MR) is 155 cm³/mol. The zero-order valence-corrected chi connectivity index (χ0v) is 22.9. The molecule has 206 valence electrons. The van der Waals surface area contributed by atoms with Crippen LogP contribution in [0.4, 0.5) is 5.69 Å². The van der Waals surface area contributed by atoms with Gasteiger partial charge in [0, 0.05) is 59.9 Å². The van der Waals surface area contributed by atoms with E-state index in [-0.39, 0.29) is 11.9 Å². The Morgan fingerprint density at radius 3 is 2.67 bits per heavy atom. The first-order valence-corrected chi connectivity index (χ1v) is 14.0. The third kappa shape index (κ3) is 5.03. The summed E-state index contributed by atoms with van der Waals surface area (Å²) in [5.74, 6) is 0.535. The summed E-state index contributed by atoms with van der Waals surface area (Å²) in [4.78, 5) is 20.6. The van der Waals surface area contributed by atoms with E-state index in [0.29, 0.717) is 35.0 Å². The van der Waals surface area contributed by atoms with Gasteiger partial charge in [-0.2, -0.15) is 5.26 Å². The minimum absolute atomic E-state index is 0.136. The molecule has 1 amide bonds. The molecule has 0 bridgehead atoms. The van der Waals surface area contributed by atoms with Crippen molar-refractivity contribution in [2.24, 2.45) is 5.41 Å². The summed E-state index contributed by atoms with van der Waals surface area (Å²) in [6, 6.07) is 16.6. The van der Waals surface area contributed by atoms with Crippen molar-refractivity contribution in [1.29, 1.82) is 5.26 Å². The quantitative estimate of drug-likeness (QED) is 0.399. The van der Waals surface area contributed by atoms with E-state index in [1.54, 1.807) is 13.3 Å². The maximum absolute atomic E-state index is 13.5. The van der Waals surface area contributed by atoms with Crippen LogP contribution in [0.5, 0.6) is 5.75 Å². The highest BCUT2D eigenvalue weighted by atomic mass is 16.5. The number of anilines is 1. The molecule has 2 N–H and O–H groups in total. The Morgan fingerprint density at radius 2 is 1.98 bits per heavy atom. The van der Waals surface area contributed by atoms with Crippen molar-refractivity contribution in [2.45, 2.75) is 37.8 Å². The molecule has 0 unspecified atom stereocenters. The standard InChI is InChI=1S/C32H35N5O3/c1-21(15-33)16-35-29-27-14-23(6-5-22(27)7-12-28(29)39-2)26-4-3-13-34-30(26)31(38)36-24-8-10-25(11-9-24)37-17-32(18-37)19-40-20-32/h3-7,12-14,24-25,35H,1,8-11,16-20H2,2H3,(H,36,38). The number of nitrogens with one attached hydrogen (secondary N) is 2. The SMILES string of the molecule is C=C(C#N)CNc1c(OC)ccc2ccc(-c3cccnc3C(=O)NC3CCC(N4CC5(COC5)C4)CC3)cc12. The van der Waals surface area contributed by atoms with E-state index < -0.39 is 0 Å². The van der Waals surface area contributed by atoms with Crippen LogP contribution in [-0.4, -0.2) is 67.8 Å². The number of methoxy groups -OCH3 is 1. The van der Waals surface area contributed by atoms with Gasteiger partial charge < -0.3 is 20.1 Å². The smallest absolute Gasteiger partial charge is 0.270 e. The van der Waals surface area contributed by atoms with Crippen LogP contribution in [0.15, 0.2) is 60.8 Å². The largest absolute Gasteiger partial charge is 0.495 e. The third-order valence-corrected chi connectivity index (χ3v) is 8.62. The molecule has 8 nitrogen and oxygen atoms in total. The Hall–Kier alpha value is -3.93. The number of carbonyl (C=O) groups is 1. The van der Waals surface area contributed by atoms with Gasteiger partial charge in [0.25, 0.3) is 5.91 Å². The van der Waals surface area contributed by atoms with Crippen LogP contribution in [0.1, 0.15) is 36.2 Å². The van der Waals surface area contributed by atoms with Crippen LogP contribution in [0.2, 0.25) is 0 Å². The number of likely N-dealkylation sites (tertiary alicyclic amines) is 1. The van der Waals surface area contributed by atoms with Crippen molar-refractivity contribution in [3.8, 4) is 22.9 Å². The van der Waals surface area contributed by atoms with Crippen molar-refractivity contribution in [1.82, 2.24) is 15.2 Å². The summed E-state index contributed by atoms with van der Waals surface area (Å²) in [5, 5.41) is 17.7. The Kier molecular flexibility index (Phi) is 7.18. The number of pyridine rings is 1. The Labute approximate surface area is 235 Å². The number of benzene rings is 2. The molecule has 3 fully saturated rings. The number of aromatic nitrogens is 1. The molecule has 3 aromatic rings. The van der Waals surface area contributed by atoms with E-state index in [1.807, 2.05) is 42.5 Å². The number of hydrogen-bond acceptors (Lipinski definition) is 7. The normalized spacial score (nSPS) is 21.6. The van der Waals surface area contributed by atoms with Gasteiger partial charge in [-0.25, -0.2) is 0 Å². The Bertz CT molecular complexity index is 1480. The lowest BCUT2D eigenvalue weighted by Gasteiger charge is -2.58. The number of rotatable bonds is 8. The molecule has 2 aliphatic heterocycles.